The van der Waals surface area contributed by atoms with E-state index in [4.69, 9.17) is 11.6 Å². The molecule has 1 saturated heterocycles. The van der Waals surface area contributed by atoms with E-state index in [2.05, 4.69) is 19.5 Å². The Morgan fingerprint density at radius 1 is 1.11 bits per heavy atom. The first-order chi connectivity index (χ1) is 17.3. The standard InChI is InChI=1S/C25H28ClN5O3S2.2H2/c1-18(31-11-2-3-19-17-20(26)4-9-23(19)31)24(32)30-14-12-29(13-15-30)21-5-7-22(8-6-21)36(33,34)28-25-27-10-16-35-25;;/h4-10,16-18H,2-3,11-15H2,1H3,(H,27,28);2*1H/t18-;;/m1../s1. The van der Waals surface area contributed by atoms with Gasteiger partial charge in [-0.3, -0.25) is 9.52 Å². The summed E-state index contributed by atoms with van der Waals surface area (Å²) in [6.45, 7) is 5.46. The fourth-order valence-electron chi connectivity index (χ4n) is 4.86. The van der Waals surface area contributed by atoms with Crippen LogP contribution in [0.3, 0.4) is 0 Å². The number of hydrogen-bond acceptors (Lipinski definition) is 7. The third-order valence-corrected chi connectivity index (χ3v) is 9.19. The van der Waals surface area contributed by atoms with Gasteiger partial charge < -0.3 is 14.7 Å². The van der Waals surface area contributed by atoms with Crippen molar-refractivity contribution in [1.29, 1.82) is 0 Å². The van der Waals surface area contributed by atoms with E-state index < -0.39 is 10.0 Å². The molecule has 36 heavy (non-hydrogen) atoms. The molecule has 2 aliphatic heterocycles. The Morgan fingerprint density at radius 2 is 1.86 bits per heavy atom. The number of sulfonamides is 1. The number of hydrogen-bond donors (Lipinski definition) is 1. The van der Waals surface area contributed by atoms with Crippen LogP contribution in [0.2, 0.25) is 5.02 Å². The van der Waals surface area contributed by atoms with Crippen LogP contribution in [0, 0.1) is 0 Å². The van der Waals surface area contributed by atoms with E-state index in [0.29, 0.717) is 31.3 Å². The number of carbonyl (C=O) groups is 1. The van der Waals surface area contributed by atoms with Gasteiger partial charge in [-0.05, 0) is 67.8 Å². The summed E-state index contributed by atoms with van der Waals surface area (Å²) in [6, 6.07) is 12.5. The molecule has 1 N–H and O–H groups in total. The minimum Gasteiger partial charge on any atom is -0.368 e. The second-order valence-corrected chi connectivity index (χ2v) is 12.0. The first kappa shape index (κ1) is 24.9. The van der Waals surface area contributed by atoms with Crippen molar-refractivity contribution >= 4 is 55.4 Å². The van der Waals surface area contributed by atoms with Gasteiger partial charge in [-0.2, -0.15) is 0 Å². The maximum Gasteiger partial charge on any atom is 0.263 e. The maximum absolute atomic E-state index is 13.4. The molecule has 1 fully saturated rings. The molecule has 1 aromatic heterocycles. The lowest BCUT2D eigenvalue weighted by atomic mass is 10.00. The van der Waals surface area contributed by atoms with Crippen molar-refractivity contribution in [3.63, 3.8) is 0 Å². The second-order valence-electron chi connectivity index (χ2n) is 8.99. The molecule has 1 atom stereocenters. The lowest BCUT2D eigenvalue weighted by molar-refractivity contribution is -0.132. The zero-order valence-corrected chi connectivity index (χ0v) is 22.3. The van der Waals surface area contributed by atoms with Crippen molar-refractivity contribution in [3.05, 3.63) is 64.6 Å². The fourth-order valence-corrected chi connectivity index (χ4v) is 6.85. The molecular weight excluding hydrogens is 518 g/mol. The number of rotatable bonds is 6. The van der Waals surface area contributed by atoms with Gasteiger partial charge >= 0.3 is 0 Å². The number of carbonyl (C=O) groups excluding carboxylic acids is 1. The van der Waals surface area contributed by atoms with E-state index >= 15 is 0 Å². The summed E-state index contributed by atoms with van der Waals surface area (Å²) in [6.07, 6.45) is 3.54. The summed E-state index contributed by atoms with van der Waals surface area (Å²) < 4.78 is 27.7. The van der Waals surface area contributed by atoms with Gasteiger partial charge in [0.2, 0.25) is 5.91 Å². The quantitative estimate of drug-likeness (QED) is 0.484. The Kier molecular flexibility index (Phi) is 7.09. The molecule has 0 unspecified atom stereocenters. The lowest BCUT2D eigenvalue weighted by Crippen LogP contribution is -2.55. The van der Waals surface area contributed by atoms with E-state index in [-0.39, 0.29) is 19.7 Å². The maximum atomic E-state index is 13.4. The molecule has 194 valence electrons. The molecule has 5 rings (SSSR count). The topological polar surface area (TPSA) is 85.8 Å². The number of benzene rings is 2. The van der Waals surface area contributed by atoms with Crippen LogP contribution in [-0.2, 0) is 21.2 Å². The van der Waals surface area contributed by atoms with Crippen molar-refractivity contribution < 1.29 is 16.1 Å². The van der Waals surface area contributed by atoms with Crippen LogP contribution in [0.4, 0.5) is 16.5 Å². The highest BCUT2D eigenvalue weighted by Gasteiger charge is 2.31. The predicted octanol–water partition coefficient (Wildman–Crippen LogP) is 4.58. The summed E-state index contributed by atoms with van der Waals surface area (Å²) >= 11 is 7.41. The number of fused-ring (bicyclic) bond motifs is 1. The van der Waals surface area contributed by atoms with E-state index in [0.717, 1.165) is 35.8 Å². The molecule has 3 heterocycles. The highest BCUT2D eigenvalue weighted by atomic mass is 35.5. The van der Waals surface area contributed by atoms with Gasteiger partial charge in [0.15, 0.2) is 5.13 Å². The van der Waals surface area contributed by atoms with Gasteiger partial charge in [0.05, 0.1) is 4.90 Å². The number of aromatic nitrogens is 1. The van der Waals surface area contributed by atoms with Crippen molar-refractivity contribution in [3.8, 4) is 0 Å². The first-order valence-electron chi connectivity index (χ1n) is 11.9. The Balaban J connectivity index is 0.00000200. The molecule has 0 saturated carbocycles. The smallest absolute Gasteiger partial charge is 0.263 e. The number of amides is 1. The van der Waals surface area contributed by atoms with Gasteiger partial charge in [-0.25, -0.2) is 13.4 Å². The largest absolute Gasteiger partial charge is 0.368 e. The van der Waals surface area contributed by atoms with Crippen molar-refractivity contribution in [1.82, 2.24) is 9.88 Å². The minimum atomic E-state index is -3.68. The number of halogens is 1. The zero-order valence-electron chi connectivity index (χ0n) is 19.9. The molecule has 0 spiro atoms. The van der Waals surface area contributed by atoms with Gasteiger partial charge in [0.1, 0.15) is 6.04 Å². The Labute approximate surface area is 223 Å². The average Bonchev–Trinajstić information content (AvgIpc) is 3.40. The number of piperazine rings is 1. The highest BCUT2D eigenvalue weighted by molar-refractivity contribution is 7.93. The van der Waals surface area contributed by atoms with Gasteiger partial charge in [-0.1, -0.05) is 11.6 Å². The zero-order chi connectivity index (χ0) is 25.3. The lowest BCUT2D eigenvalue weighted by Gasteiger charge is -2.41. The summed E-state index contributed by atoms with van der Waals surface area (Å²) in [5, 5.41) is 2.78. The number of thiazole rings is 1. The molecule has 3 aromatic rings. The van der Waals surface area contributed by atoms with E-state index in [1.54, 1.807) is 23.7 Å². The number of anilines is 3. The van der Waals surface area contributed by atoms with Crippen LogP contribution < -0.4 is 14.5 Å². The second kappa shape index (κ2) is 10.3. The van der Waals surface area contributed by atoms with Gasteiger partial charge in [0.25, 0.3) is 10.0 Å². The SMILES string of the molecule is C[C@H](C(=O)N1CCN(c2ccc(S(=O)(=O)Nc3nccs3)cc2)CC1)N1CCCc2cc(Cl)ccc21.[HH].[HH]. The molecule has 8 nitrogen and oxygen atoms in total. The third kappa shape index (κ3) is 5.16. The average molecular weight is 550 g/mol. The Hall–Kier alpha value is -2.82. The summed E-state index contributed by atoms with van der Waals surface area (Å²) in [5.74, 6) is 0.132. The van der Waals surface area contributed by atoms with Crippen LogP contribution in [0.1, 0.15) is 21.8 Å². The van der Waals surface area contributed by atoms with Crippen molar-refractivity contribution in [2.45, 2.75) is 30.7 Å². The molecule has 11 heteroatoms. The molecular formula is C25H32ClN5O3S2. The van der Waals surface area contributed by atoms with Crippen LogP contribution >= 0.6 is 22.9 Å². The summed E-state index contributed by atoms with van der Waals surface area (Å²) in [4.78, 5) is 23.8. The Bertz CT molecular complexity index is 1340. The van der Waals surface area contributed by atoms with E-state index in [1.165, 1.54) is 16.9 Å². The first-order valence-corrected chi connectivity index (χ1v) is 14.7. The third-order valence-electron chi connectivity index (χ3n) is 6.78. The van der Waals surface area contributed by atoms with Crippen LogP contribution in [0.25, 0.3) is 0 Å². The molecule has 0 aliphatic carbocycles. The van der Waals surface area contributed by atoms with Crippen molar-refractivity contribution in [2.24, 2.45) is 0 Å². The van der Waals surface area contributed by atoms with Gasteiger partial charge in [0, 0.05) is 63.6 Å². The monoisotopic (exact) mass is 549 g/mol. The Morgan fingerprint density at radius 3 is 2.56 bits per heavy atom. The molecule has 1 amide bonds. The van der Waals surface area contributed by atoms with Crippen LogP contribution in [0.15, 0.2) is 58.9 Å². The number of aryl methyl sites for hydroxylation is 1. The van der Waals surface area contributed by atoms with Crippen LogP contribution in [0.5, 0.6) is 0 Å². The molecule has 2 aromatic carbocycles. The summed E-state index contributed by atoms with van der Waals surface area (Å²) in [7, 11) is -3.68. The normalized spacial score (nSPS) is 17.0. The number of nitrogens with one attached hydrogen (secondary N) is 1. The van der Waals surface area contributed by atoms with Crippen LogP contribution in [-0.4, -0.2) is 63.0 Å². The van der Waals surface area contributed by atoms with Crippen molar-refractivity contribution in [2.75, 3.05) is 47.2 Å². The van der Waals surface area contributed by atoms with E-state index in [9.17, 15) is 13.2 Å². The summed E-state index contributed by atoms with van der Waals surface area (Å²) in [5.41, 5.74) is 3.24. The highest BCUT2D eigenvalue weighted by Crippen LogP contribution is 2.31. The minimum absolute atomic E-state index is 0. The van der Waals surface area contributed by atoms with E-state index in [1.807, 2.05) is 42.2 Å². The molecule has 2 aliphatic rings. The molecule has 0 radical (unpaired) electrons. The predicted molar refractivity (Wildman–Crippen MR) is 149 cm³/mol. The molecule has 0 bridgehead atoms. The fraction of sp³-hybridized carbons (Fsp3) is 0.360. The number of nitrogens with zero attached hydrogens (tertiary/aromatic N) is 4. The van der Waals surface area contributed by atoms with Gasteiger partial charge in [-0.15, -0.1) is 11.3 Å².